The van der Waals surface area contributed by atoms with E-state index < -0.39 is 0 Å². The van der Waals surface area contributed by atoms with E-state index in [2.05, 4.69) is 17.5 Å². The number of nitrogens with zero attached hydrogens (tertiary/aromatic N) is 1. The van der Waals surface area contributed by atoms with Gasteiger partial charge in [0.2, 0.25) is 5.91 Å². The van der Waals surface area contributed by atoms with Crippen molar-refractivity contribution in [3.05, 3.63) is 65.7 Å². The number of nitrogens with one attached hydrogen (secondary N) is 1. The Morgan fingerprint density at radius 3 is 2.23 bits per heavy atom. The van der Waals surface area contributed by atoms with Crippen molar-refractivity contribution in [1.29, 1.82) is 0 Å². The van der Waals surface area contributed by atoms with Crippen LogP contribution in [0.5, 0.6) is 5.75 Å². The van der Waals surface area contributed by atoms with E-state index in [9.17, 15) is 4.79 Å². The van der Waals surface area contributed by atoms with Crippen molar-refractivity contribution in [3.63, 3.8) is 0 Å². The van der Waals surface area contributed by atoms with E-state index in [0.29, 0.717) is 13.0 Å². The van der Waals surface area contributed by atoms with Crippen LogP contribution in [-0.4, -0.2) is 12.1 Å². The fourth-order valence-corrected chi connectivity index (χ4v) is 3.28. The Kier molecular flexibility index (Phi) is 12.0. The highest BCUT2D eigenvalue weighted by molar-refractivity contribution is 5.85. The fraction of sp³-hybridized carbons (Fsp3) is 0.462. The van der Waals surface area contributed by atoms with Gasteiger partial charge in [0.1, 0.15) is 12.4 Å². The van der Waals surface area contributed by atoms with Crippen molar-refractivity contribution in [2.45, 2.75) is 77.7 Å². The Labute approximate surface area is 181 Å². The Hall–Kier alpha value is -2.62. The molecule has 162 valence electrons. The normalized spacial score (nSPS) is 11.0. The molecule has 2 aromatic carbocycles. The summed E-state index contributed by atoms with van der Waals surface area (Å²) < 4.78 is 5.91. The van der Waals surface area contributed by atoms with Crippen LogP contribution in [0.25, 0.3) is 0 Å². The van der Waals surface area contributed by atoms with Crippen LogP contribution in [0.1, 0.15) is 82.3 Å². The number of hydrazone groups is 1. The Morgan fingerprint density at radius 2 is 1.50 bits per heavy atom. The molecule has 1 amide bonds. The molecule has 0 aliphatic heterocycles. The molecule has 0 spiro atoms. The standard InChI is InChI=1S/C26H36N2O2/c1-2-3-4-5-6-7-8-9-13-20-26(29)28-27-21-24-18-14-15-19-25(24)30-22-23-16-11-10-12-17-23/h10-12,14-19,21H,2-9,13,20,22H2,1H3,(H,28,29)/b27-21+. The number of ether oxygens (including phenoxy) is 1. The van der Waals surface area contributed by atoms with Gasteiger partial charge in [0, 0.05) is 12.0 Å². The first kappa shape index (κ1) is 23.7. The summed E-state index contributed by atoms with van der Waals surface area (Å²) in [5.74, 6) is 0.718. The number of benzene rings is 2. The Bertz CT molecular complexity index is 744. The predicted molar refractivity (Wildman–Crippen MR) is 125 cm³/mol. The molecule has 2 rings (SSSR count). The van der Waals surface area contributed by atoms with Gasteiger partial charge in [-0.1, -0.05) is 101 Å². The molecule has 0 unspecified atom stereocenters. The second-order valence-electron chi connectivity index (χ2n) is 7.68. The number of rotatable bonds is 15. The molecule has 1 N–H and O–H groups in total. The van der Waals surface area contributed by atoms with E-state index in [1.807, 2.05) is 54.6 Å². The van der Waals surface area contributed by atoms with Crippen LogP contribution >= 0.6 is 0 Å². The summed E-state index contributed by atoms with van der Waals surface area (Å²) in [5, 5.41) is 4.11. The zero-order chi connectivity index (χ0) is 21.3. The molecule has 30 heavy (non-hydrogen) atoms. The maximum atomic E-state index is 12.0. The molecular formula is C26H36N2O2. The maximum absolute atomic E-state index is 12.0. The number of carbonyl (C=O) groups is 1. The molecule has 0 aliphatic rings. The summed E-state index contributed by atoms with van der Waals surface area (Å²) in [6, 6.07) is 17.7. The molecule has 0 radical (unpaired) electrons. The van der Waals surface area contributed by atoms with Gasteiger partial charge in [-0.05, 0) is 24.1 Å². The molecule has 2 aromatic rings. The van der Waals surface area contributed by atoms with Gasteiger partial charge in [0.05, 0.1) is 6.21 Å². The largest absolute Gasteiger partial charge is 0.488 e. The van der Waals surface area contributed by atoms with Gasteiger partial charge in [-0.25, -0.2) is 5.43 Å². The fourth-order valence-electron chi connectivity index (χ4n) is 3.28. The minimum Gasteiger partial charge on any atom is -0.488 e. The molecule has 4 nitrogen and oxygen atoms in total. The zero-order valence-corrected chi connectivity index (χ0v) is 18.3. The molecular weight excluding hydrogens is 372 g/mol. The first-order valence-electron chi connectivity index (χ1n) is 11.4. The lowest BCUT2D eigenvalue weighted by atomic mass is 10.1. The number of para-hydroxylation sites is 1. The van der Waals surface area contributed by atoms with Crippen LogP contribution in [0.15, 0.2) is 59.7 Å². The van der Waals surface area contributed by atoms with Crippen LogP contribution in [0.2, 0.25) is 0 Å². The van der Waals surface area contributed by atoms with Crippen LogP contribution in [0.4, 0.5) is 0 Å². The molecule has 0 bridgehead atoms. The molecule has 0 atom stereocenters. The van der Waals surface area contributed by atoms with Crippen molar-refractivity contribution >= 4 is 12.1 Å². The van der Waals surface area contributed by atoms with Gasteiger partial charge < -0.3 is 4.74 Å². The zero-order valence-electron chi connectivity index (χ0n) is 18.3. The number of hydrogen-bond acceptors (Lipinski definition) is 3. The van der Waals surface area contributed by atoms with E-state index in [-0.39, 0.29) is 5.91 Å². The van der Waals surface area contributed by atoms with Gasteiger partial charge in [0.25, 0.3) is 0 Å². The predicted octanol–water partition coefficient (Wildman–Crippen LogP) is 6.64. The quantitative estimate of drug-likeness (QED) is 0.204. The minimum absolute atomic E-state index is 0.0307. The summed E-state index contributed by atoms with van der Waals surface area (Å²) in [6.45, 7) is 2.74. The lowest BCUT2D eigenvalue weighted by Crippen LogP contribution is -2.17. The summed E-state index contributed by atoms with van der Waals surface area (Å²) in [5.41, 5.74) is 4.59. The summed E-state index contributed by atoms with van der Waals surface area (Å²) in [4.78, 5) is 12.0. The van der Waals surface area contributed by atoms with Crippen molar-refractivity contribution in [1.82, 2.24) is 5.43 Å². The van der Waals surface area contributed by atoms with Crippen LogP contribution < -0.4 is 10.2 Å². The molecule has 4 heteroatoms. The van der Waals surface area contributed by atoms with E-state index in [1.54, 1.807) is 6.21 Å². The van der Waals surface area contributed by atoms with Crippen molar-refractivity contribution in [3.8, 4) is 5.75 Å². The topological polar surface area (TPSA) is 50.7 Å². The summed E-state index contributed by atoms with van der Waals surface area (Å²) in [7, 11) is 0. The highest BCUT2D eigenvalue weighted by atomic mass is 16.5. The Balaban J connectivity index is 1.63. The van der Waals surface area contributed by atoms with Crippen LogP contribution in [0, 0.1) is 0 Å². The van der Waals surface area contributed by atoms with E-state index >= 15 is 0 Å². The SMILES string of the molecule is CCCCCCCCCCCC(=O)N/N=C/c1ccccc1OCc1ccccc1. The second kappa shape index (κ2) is 15.3. The summed E-state index contributed by atoms with van der Waals surface area (Å²) in [6.07, 6.45) is 13.4. The maximum Gasteiger partial charge on any atom is 0.240 e. The molecule has 0 fully saturated rings. The third-order valence-electron chi connectivity index (χ3n) is 5.06. The first-order valence-corrected chi connectivity index (χ1v) is 11.4. The van der Waals surface area contributed by atoms with Crippen molar-refractivity contribution in [2.75, 3.05) is 0 Å². The molecule has 0 saturated carbocycles. The average molecular weight is 409 g/mol. The van der Waals surface area contributed by atoms with E-state index in [1.165, 1.54) is 44.9 Å². The molecule has 0 heterocycles. The third kappa shape index (κ3) is 10.2. The average Bonchev–Trinajstić information content (AvgIpc) is 2.78. The van der Waals surface area contributed by atoms with Gasteiger partial charge in [0.15, 0.2) is 0 Å². The van der Waals surface area contributed by atoms with Crippen LogP contribution in [-0.2, 0) is 11.4 Å². The molecule has 0 aromatic heterocycles. The van der Waals surface area contributed by atoms with Crippen LogP contribution in [0.3, 0.4) is 0 Å². The number of carbonyl (C=O) groups excluding carboxylic acids is 1. The molecule has 0 aliphatic carbocycles. The lowest BCUT2D eigenvalue weighted by molar-refractivity contribution is -0.121. The van der Waals surface area contributed by atoms with Crippen molar-refractivity contribution in [2.24, 2.45) is 5.10 Å². The monoisotopic (exact) mass is 408 g/mol. The number of amides is 1. The number of unbranched alkanes of at least 4 members (excludes halogenated alkanes) is 8. The smallest absolute Gasteiger partial charge is 0.240 e. The number of hydrogen-bond donors (Lipinski definition) is 1. The van der Waals surface area contributed by atoms with E-state index in [0.717, 1.165) is 29.7 Å². The van der Waals surface area contributed by atoms with E-state index in [4.69, 9.17) is 4.74 Å². The highest BCUT2D eigenvalue weighted by Crippen LogP contribution is 2.17. The highest BCUT2D eigenvalue weighted by Gasteiger charge is 2.03. The van der Waals surface area contributed by atoms with Gasteiger partial charge in [-0.2, -0.15) is 5.10 Å². The second-order valence-corrected chi connectivity index (χ2v) is 7.68. The van der Waals surface area contributed by atoms with Gasteiger partial charge in [-0.3, -0.25) is 4.79 Å². The molecule has 0 saturated heterocycles. The first-order chi connectivity index (χ1) is 14.8. The van der Waals surface area contributed by atoms with Crippen molar-refractivity contribution < 1.29 is 9.53 Å². The summed E-state index contributed by atoms with van der Waals surface area (Å²) >= 11 is 0. The van der Waals surface area contributed by atoms with Gasteiger partial charge >= 0.3 is 0 Å². The third-order valence-corrected chi connectivity index (χ3v) is 5.06. The lowest BCUT2D eigenvalue weighted by Gasteiger charge is -2.09. The Morgan fingerprint density at radius 1 is 0.867 bits per heavy atom. The van der Waals surface area contributed by atoms with Gasteiger partial charge in [-0.15, -0.1) is 0 Å². The minimum atomic E-state index is -0.0307.